The van der Waals surface area contributed by atoms with Gasteiger partial charge in [-0.3, -0.25) is 0 Å². The highest BCUT2D eigenvalue weighted by Crippen LogP contribution is 2.32. The lowest BCUT2D eigenvalue weighted by molar-refractivity contribution is 0.0677. The third kappa shape index (κ3) is 2.52. The predicted molar refractivity (Wildman–Crippen MR) is 69.1 cm³/mol. The summed E-state index contributed by atoms with van der Waals surface area (Å²) in [7, 11) is 0. The van der Waals surface area contributed by atoms with E-state index in [1.165, 1.54) is 18.2 Å². The maximum absolute atomic E-state index is 9.74. The van der Waals surface area contributed by atoms with E-state index in [0.717, 1.165) is 11.5 Å². The second-order valence-corrected chi connectivity index (χ2v) is 5.24. The van der Waals surface area contributed by atoms with E-state index in [4.69, 9.17) is 9.26 Å². The summed E-state index contributed by atoms with van der Waals surface area (Å²) >= 11 is 1.78. The van der Waals surface area contributed by atoms with Crippen molar-refractivity contribution in [3.63, 3.8) is 0 Å². The molecule has 1 unspecified atom stereocenters. The molecule has 1 saturated heterocycles. The Bertz CT molecular complexity index is 581. The highest BCUT2D eigenvalue weighted by molar-refractivity contribution is 7.99. The molecular weight excluding hydrogens is 268 g/mol. The highest BCUT2D eigenvalue weighted by atomic mass is 32.2. The van der Waals surface area contributed by atoms with Gasteiger partial charge in [-0.25, -0.2) is 0 Å². The van der Waals surface area contributed by atoms with Crippen LogP contribution in [0, 0.1) is 0 Å². The lowest BCUT2D eigenvalue weighted by Gasteiger charge is -2.18. The average Bonchev–Trinajstić information content (AvgIpc) is 2.89. The number of thioether (sulfide) groups is 1. The van der Waals surface area contributed by atoms with Gasteiger partial charge in [0.15, 0.2) is 0 Å². The van der Waals surface area contributed by atoms with Crippen LogP contribution in [0.4, 0.5) is 0 Å². The number of hydrogen-bond acceptors (Lipinski definition) is 7. The van der Waals surface area contributed by atoms with Gasteiger partial charge >= 0.3 is 0 Å². The smallest absolute Gasteiger partial charge is 0.261 e. The number of benzene rings is 1. The van der Waals surface area contributed by atoms with Crippen molar-refractivity contribution in [1.82, 2.24) is 10.1 Å². The zero-order chi connectivity index (χ0) is 13.2. The monoisotopic (exact) mass is 280 g/mol. The quantitative estimate of drug-likeness (QED) is 0.869. The summed E-state index contributed by atoms with van der Waals surface area (Å²) in [5, 5.41) is 22.9. The molecule has 1 aromatic heterocycles. The molecule has 2 heterocycles. The van der Waals surface area contributed by atoms with E-state index in [2.05, 4.69) is 10.1 Å². The fraction of sp³-hybridized carbons (Fsp3) is 0.333. The molecule has 0 bridgehead atoms. The number of nitrogens with zero attached hydrogens (tertiary/aromatic N) is 2. The van der Waals surface area contributed by atoms with E-state index in [0.29, 0.717) is 18.0 Å². The van der Waals surface area contributed by atoms with Crippen molar-refractivity contribution in [3.8, 4) is 23.0 Å². The third-order valence-electron chi connectivity index (χ3n) is 2.76. The van der Waals surface area contributed by atoms with E-state index in [-0.39, 0.29) is 23.5 Å². The minimum absolute atomic E-state index is 0.0204. The van der Waals surface area contributed by atoms with Crippen LogP contribution in [0.3, 0.4) is 0 Å². The van der Waals surface area contributed by atoms with Gasteiger partial charge in [-0.2, -0.15) is 16.7 Å². The molecule has 0 amide bonds. The van der Waals surface area contributed by atoms with E-state index in [1.54, 1.807) is 11.8 Å². The molecule has 19 heavy (non-hydrogen) atoms. The zero-order valence-corrected chi connectivity index (χ0v) is 10.8. The molecule has 2 aromatic rings. The van der Waals surface area contributed by atoms with Gasteiger partial charge in [0.05, 0.1) is 12.2 Å². The van der Waals surface area contributed by atoms with Crippen LogP contribution in [0.2, 0.25) is 0 Å². The molecule has 2 N–H and O–H groups in total. The fourth-order valence-electron chi connectivity index (χ4n) is 1.81. The SMILES string of the molecule is Oc1ccc(-c2nc(C3CSCCO3)no2)c(O)c1. The number of aromatic nitrogens is 2. The van der Waals surface area contributed by atoms with Crippen molar-refractivity contribution in [3.05, 3.63) is 24.0 Å². The second kappa shape index (κ2) is 5.10. The van der Waals surface area contributed by atoms with Gasteiger partial charge in [0.25, 0.3) is 5.89 Å². The highest BCUT2D eigenvalue weighted by Gasteiger charge is 2.23. The van der Waals surface area contributed by atoms with Crippen molar-refractivity contribution in [2.75, 3.05) is 18.1 Å². The van der Waals surface area contributed by atoms with Crippen LogP contribution in [0.1, 0.15) is 11.9 Å². The summed E-state index contributed by atoms with van der Waals surface area (Å²) in [6.45, 7) is 0.670. The Morgan fingerprint density at radius 3 is 2.95 bits per heavy atom. The topological polar surface area (TPSA) is 88.6 Å². The molecule has 1 fully saturated rings. The molecule has 7 heteroatoms. The Labute approximate surface area is 113 Å². The summed E-state index contributed by atoms with van der Waals surface area (Å²) in [6.07, 6.45) is -0.171. The Kier molecular flexibility index (Phi) is 3.31. The van der Waals surface area contributed by atoms with E-state index in [9.17, 15) is 10.2 Å². The van der Waals surface area contributed by atoms with Crippen LogP contribution in [0.25, 0.3) is 11.5 Å². The van der Waals surface area contributed by atoms with Crippen LogP contribution in [0.15, 0.2) is 22.7 Å². The van der Waals surface area contributed by atoms with Crippen LogP contribution in [0.5, 0.6) is 11.5 Å². The molecule has 1 aromatic carbocycles. The molecule has 100 valence electrons. The lowest BCUT2D eigenvalue weighted by Crippen LogP contribution is -2.16. The minimum atomic E-state index is -0.171. The summed E-state index contributed by atoms with van der Waals surface area (Å²) < 4.78 is 10.7. The van der Waals surface area contributed by atoms with E-state index in [1.807, 2.05) is 0 Å². The van der Waals surface area contributed by atoms with Crippen molar-refractivity contribution >= 4 is 11.8 Å². The number of phenolic OH excluding ortho intramolecular Hbond substituents is 2. The molecule has 1 aliphatic heterocycles. The van der Waals surface area contributed by atoms with Gasteiger partial charge in [-0.05, 0) is 12.1 Å². The van der Waals surface area contributed by atoms with Gasteiger partial charge < -0.3 is 19.5 Å². The first-order valence-electron chi connectivity index (χ1n) is 5.79. The first kappa shape index (κ1) is 12.3. The Morgan fingerprint density at radius 1 is 1.32 bits per heavy atom. The van der Waals surface area contributed by atoms with Gasteiger partial charge in [-0.15, -0.1) is 0 Å². The lowest BCUT2D eigenvalue weighted by atomic mass is 10.2. The third-order valence-corrected chi connectivity index (χ3v) is 3.75. The van der Waals surface area contributed by atoms with Crippen LogP contribution in [-0.2, 0) is 4.74 Å². The largest absolute Gasteiger partial charge is 0.508 e. The van der Waals surface area contributed by atoms with Crippen molar-refractivity contribution in [2.24, 2.45) is 0 Å². The molecule has 0 aliphatic carbocycles. The summed E-state index contributed by atoms with van der Waals surface area (Å²) in [5.74, 6) is 2.34. The van der Waals surface area contributed by atoms with Crippen LogP contribution < -0.4 is 0 Å². The normalized spacial score (nSPS) is 19.5. The molecule has 0 saturated carbocycles. The Hall–Kier alpha value is -1.73. The number of ether oxygens (including phenoxy) is 1. The van der Waals surface area contributed by atoms with Gasteiger partial charge in [0.1, 0.15) is 17.6 Å². The number of rotatable bonds is 2. The summed E-state index contributed by atoms with van der Waals surface area (Å²) in [4.78, 5) is 4.24. The second-order valence-electron chi connectivity index (χ2n) is 4.09. The van der Waals surface area contributed by atoms with Gasteiger partial charge in [-0.1, -0.05) is 5.16 Å². The fourth-order valence-corrected chi connectivity index (χ4v) is 2.65. The molecule has 0 spiro atoms. The molecule has 6 nitrogen and oxygen atoms in total. The molecular formula is C12H12N2O4S. The molecule has 1 aliphatic rings. The average molecular weight is 280 g/mol. The molecule has 1 atom stereocenters. The zero-order valence-electron chi connectivity index (χ0n) is 9.94. The van der Waals surface area contributed by atoms with Gasteiger partial charge in [0.2, 0.25) is 5.82 Å². The maximum Gasteiger partial charge on any atom is 0.261 e. The Morgan fingerprint density at radius 2 is 2.21 bits per heavy atom. The van der Waals surface area contributed by atoms with Crippen molar-refractivity contribution in [1.29, 1.82) is 0 Å². The van der Waals surface area contributed by atoms with E-state index < -0.39 is 0 Å². The number of phenols is 2. The molecule has 3 rings (SSSR count). The summed E-state index contributed by atoms with van der Waals surface area (Å²) in [5.41, 5.74) is 0.389. The maximum atomic E-state index is 9.74. The van der Waals surface area contributed by atoms with Gasteiger partial charge in [0, 0.05) is 17.6 Å². The molecule has 0 radical (unpaired) electrons. The number of aromatic hydroxyl groups is 2. The number of hydrogen-bond donors (Lipinski definition) is 2. The summed E-state index contributed by atoms with van der Waals surface area (Å²) in [6, 6.07) is 4.20. The van der Waals surface area contributed by atoms with E-state index >= 15 is 0 Å². The van der Waals surface area contributed by atoms with Crippen LogP contribution >= 0.6 is 11.8 Å². The minimum Gasteiger partial charge on any atom is -0.508 e. The first-order valence-corrected chi connectivity index (χ1v) is 6.95. The Balaban J connectivity index is 1.87. The predicted octanol–water partition coefficient (Wildman–Crippen LogP) is 1.95. The van der Waals surface area contributed by atoms with Crippen molar-refractivity contribution < 1.29 is 19.5 Å². The van der Waals surface area contributed by atoms with Crippen molar-refractivity contribution in [2.45, 2.75) is 6.10 Å². The standard InChI is InChI=1S/C12H12N2O4S/c15-7-1-2-8(9(16)5-7)12-13-11(14-18-12)10-6-19-4-3-17-10/h1-2,5,10,15-16H,3-4,6H2. The first-order chi connectivity index (χ1) is 9.24. The van der Waals surface area contributed by atoms with Crippen LogP contribution in [-0.4, -0.2) is 38.5 Å².